The van der Waals surface area contributed by atoms with Crippen LogP contribution in [0.25, 0.3) is 6.08 Å². The zero-order valence-electron chi connectivity index (χ0n) is 18.4. The highest BCUT2D eigenvalue weighted by atomic mass is 35.5. The molecule has 0 unspecified atom stereocenters. The SMILES string of the molecule is CC(=O)c1ccc(C(=O)N2CCC3(CCN(C(=O)C4=Cc5cc(Cl)ccc5OC4)C3)CC2)s1. The molecule has 1 spiro atoms. The summed E-state index contributed by atoms with van der Waals surface area (Å²) in [7, 11) is 0. The van der Waals surface area contributed by atoms with Gasteiger partial charge in [-0.05, 0) is 68.0 Å². The van der Waals surface area contributed by atoms with Crippen LogP contribution < -0.4 is 4.74 Å². The van der Waals surface area contributed by atoms with Gasteiger partial charge in [-0.1, -0.05) is 11.6 Å². The van der Waals surface area contributed by atoms with E-state index in [1.54, 1.807) is 18.2 Å². The summed E-state index contributed by atoms with van der Waals surface area (Å²) in [4.78, 5) is 42.6. The molecule has 3 aliphatic heterocycles. The van der Waals surface area contributed by atoms with Crippen molar-refractivity contribution in [3.63, 3.8) is 0 Å². The second kappa shape index (κ2) is 8.61. The number of thiophene rings is 1. The molecule has 33 heavy (non-hydrogen) atoms. The molecule has 0 aliphatic carbocycles. The van der Waals surface area contributed by atoms with Crippen LogP contribution in [0.3, 0.4) is 0 Å². The molecule has 0 atom stereocenters. The average molecular weight is 485 g/mol. The lowest BCUT2D eigenvalue weighted by Gasteiger charge is -2.39. The first-order valence-corrected chi connectivity index (χ1v) is 12.4. The summed E-state index contributed by atoms with van der Waals surface area (Å²) in [6, 6.07) is 8.89. The Kier molecular flexibility index (Phi) is 5.79. The zero-order chi connectivity index (χ0) is 23.2. The molecule has 6 nitrogen and oxygen atoms in total. The maximum atomic E-state index is 13.2. The minimum atomic E-state index is -0.0163. The first kappa shape index (κ1) is 22.2. The lowest BCUT2D eigenvalue weighted by molar-refractivity contribution is -0.127. The first-order chi connectivity index (χ1) is 15.8. The largest absolute Gasteiger partial charge is 0.488 e. The van der Waals surface area contributed by atoms with Gasteiger partial charge < -0.3 is 14.5 Å². The third-order valence-electron chi connectivity index (χ3n) is 6.96. The van der Waals surface area contributed by atoms with E-state index in [0.717, 1.165) is 37.1 Å². The summed E-state index contributed by atoms with van der Waals surface area (Å²) in [6.45, 7) is 4.56. The van der Waals surface area contributed by atoms with Crippen LogP contribution in [-0.4, -0.2) is 60.2 Å². The summed E-state index contributed by atoms with van der Waals surface area (Å²) in [5.74, 6) is 0.742. The van der Waals surface area contributed by atoms with Gasteiger partial charge in [-0.2, -0.15) is 0 Å². The molecule has 2 saturated heterocycles. The minimum absolute atomic E-state index is 0.00452. The first-order valence-electron chi connectivity index (χ1n) is 11.2. The molecular weight excluding hydrogens is 460 g/mol. The summed E-state index contributed by atoms with van der Waals surface area (Å²) < 4.78 is 5.77. The van der Waals surface area contributed by atoms with Gasteiger partial charge in [-0.25, -0.2) is 0 Å². The van der Waals surface area contributed by atoms with Gasteiger partial charge >= 0.3 is 0 Å². The molecule has 5 rings (SSSR count). The summed E-state index contributed by atoms with van der Waals surface area (Å²) in [5, 5.41) is 0.615. The predicted molar refractivity (Wildman–Crippen MR) is 128 cm³/mol. The highest BCUT2D eigenvalue weighted by Crippen LogP contribution is 2.41. The van der Waals surface area contributed by atoms with Crippen molar-refractivity contribution in [3.05, 3.63) is 56.2 Å². The number of rotatable bonds is 3. The number of ketones is 1. The third kappa shape index (κ3) is 4.32. The van der Waals surface area contributed by atoms with E-state index in [2.05, 4.69) is 0 Å². The number of fused-ring (bicyclic) bond motifs is 1. The average Bonchev–Trinajstić information content (AvgIpc) is 3.46. The molecule has 1 aromatic heterocycles. The smallest absolute Gasteiger partial charge is 0.263 e. The number of Topliss-reactive ketones (excluding diaryl/α,β-unsaturated/α-hetero) is 1. The number of ether oxygens (including phenoxy) is 1. The maximum Gasteiger partial charge on any atom is 0.263 e. The molecule has 0 radical (unpaired) electrons. The number of halogens is 1. The van der Waals surface area contributed by atoms with Gasteiger partial charge in [0.05, 0.1) is 15.3 Å². The monoisotopic (exact) mass is 484 g/mol. The Morgan fingerprint density at radius 1 is 0.970 bits per heavy atom. The number of hydrogen-bond acceptors (Lipinski definition) is 5. The molecule has 0 bridgehead atoms. The molecule has 8 heteroatoms. The van der Waals surface area contributed by atoms with Crippen molar-refractivity contribution in [3.8, 4) is 5.75 Å². The van der Waals surface area contributed by atoms with Gasteiger partial charge in [0.15, 0.2) is 5.78 Å². The number of nitrogens with zero attached hydrogens (tertiary/aromatic N) is 2. The van der Waals surface area contributed by atoms with Crippen molar-refractivity contribution in [1.29, 1.82) is 0 Å². The second-order valence-corrected chi connectivity index (χ2v) is 10.6. The van der Waals surface area contributed by atoms with E-state index >= 15 is 0 Å². The zero-order valence-corrected chi connectivity index (χ0v) is 20.0. The summed E-state index contributed by atoms with van der Waals surface area (Å²) >= 11 is 7.36. The van der Waals surface area contributed by atoms with E-state index in [1.807, 2.05) is 28.0 Å². The Bertz CT molecular complexity index is 1160. The van der Waals surface area contributed by atoms with Crippen LogP contribution in [0.5, 0.6) is 5.75 Å². The van der Waals surface area contributed by atoms with Crippen LogP contribution in [-0.2, 0) is 4.79 Å². The Balaban J connectivity index is 1.21. The number of likely N-dealkylation sites (tertiary alicyclic amines) is 2. The topological polar surface area (TPSA) is 66.9 Å². The lowest BCUT2D eigenvalue weighted by Crippen LogP contribution is -2.44. The predicted octanol–water partition coefficient (Wildman–Crippen LogP) is 4.53. The van der Waals surface area contributed by atoms with Crippen LogP contribution >= 0.6 is 22.9 Å². The number of benzene rings is 1. The standard InChI is InChI=1S/C25H25ClN2O4S/c1-16(29)21-4-5-22(33-21)24(31)27-9-6-25(7-10-27)8-11-28(15-25)23(30)18-12-17-13-19(26)2-3-20(17)32-14-18/h2-5,12-13H,6-11,14-15H2,1H3. The number of carbonyl (C=O) groups is 3. The van der Waals surface area contributed by atoms with E-state index < -0.39 is 0 Å². The molecule has 172 valence electrons. The van der Waals surface area contributed by atoms with Crippen molar-refractivity contribution >= 4 is 46.6 Å². The van der Waals surface area contributed by atoms with Crippen LogP contribution in [0.2, 0.25) is 5.02 Å². The molecule has 2 fully saturated rings. The minimum Gasteiger partial charge on any atom is -0.488 e. The molecule has 0 N–H and O–H groups in total. The number of carbonyl (C=O) groups excluding carboxylic acids is 3. The Hall–Kier alpha value is -2.64. The van der Waals surface area contributed by atoms with Crippen molar-refractivity contribution in [1.82, 2.24) is 9.80 Å². The highest BCUT2D eigenvalue weighted by molar-refractivity contribution is 7.15. The van der Waals surface area contributed by atoms with Crippen LogP contribution in [0.15, 0.2) is 35.9 Å². The molecule has 2 amide bonds. The van der Waals surface area contributed by atoms with Crippen molar-refractivity contribution in [2.45, 2.75) is 26.2 Å². The Morgan fingerprint density at radius 3 is 2.36 bits per heavy atom. The van der Waals surface area contributed by atoms with Crippen molar-refractivity contribution in [2.75, 3.05) is 32.8 Å². The fraction of sp³-hybridized carbons (Fsp3) is 0.400. The Morgan fingerprint density at radius 2 is 1.67 bits per heavy atom. The van der Waals surface area contributed by atoms with E-state index in [-0.39, 0.29) is 29.6 Å². The van der Waals surface area contributed by atoms with Gasteiger partial charge in [-0.15, -0.1) is 11.3 Å². The second-order valence-electron chi connectivity index (χ2n) is 9.13. The lowest BCUT2D eigenvalue weighted by atomic mass is 9.77. The molecule has 2 aromatic rings. The van der Waals surface area contributed by atoms with Crippen LogP contribution in [0, 0.1) is 5.41 Å². The van der Waals surface area contributed by atoms with E-state index in [1.165, 1.54) is 18.3 Å². The fourth-order valence-electron chi connectivity index (χ4n) is 4.97. The third-order valence-corrected chi connectivity index (χ3v) is 8.37. The van der Waals surface area contributed by atoms with Gasteiger partial charge in [0.2, 0.25) is 0 Å². The number of amides is 2. The van der Waals surface area contributed by atoms with Gasteiger partial charge in [-0.3, -0.25) is 14.4 Å². The molecule has 3 aliphatic rings. The van der Waals surface area contributed by atoms with E-state index in [0.29, 0.717) is 40.0 Å². The van der Waals surface area contributed by atoms with Crippen LogP contribution in [0.1, 0.15) is 51.1 Å². The van der Waals surface area contributed by atoms with E-state index in [4.69, 9.17) is 16.3 Å². The number of piperidine rings is 1. The van der Waals surface area contributed by atoms with E-state index in [9.17, 15) is 14.4 Å². The summed E-state index contributed by atoms with van der Waals surface area (Å²) in [6.07, 6.45) is 4.59. The molecular formula is C25H25ClN2O4S. The van der Waals surface area contributed by atoms with Gasteiger partial charge in [0.25, 0.3) is 11.8 Å². The van der Waals surface area contributed by atoms with Crippen molar-refractivity contribution in [2.24, 2.45) is 5.41 Å². The maximum absolute atomic E-state index is 13.2. The van der Waals surface area contributed by atoms with Crippen LogP contribution in [0.4, 0.5) is 0 Å². The Labute approximate surface area is 201 Å². The van der Waals surface area contributed by atoms with Crippen molar-refractivity contribution < 1.29 is 19.1 Å². The van der Waals surface area contributed by atoms with Gasteiger partial charge in [0, 0.05) is 36.8 Å². The highest BCUT2D eigenvalue weighted by Gasteiger charge is 2.43. The normalized spacial score (nSPS) is 19.2. The van der Waals surface area contributed by atoms with Gasteiger partial charge in [0.1, 0.15) is 12.4 Å². The number of hydrogen-bond donors (Lipinski definition) is 0. The molecule has 1 aromatic carbocycles. The quantitative estimate of drug-likeness (QED) is 0.600. The summed E-state index contributed by atoms with van der Waals surface area (Å²) in [5.41, 5.74) is 1.54. The fourth-order valence-corrected chi connectivity index (χ4v) is 6.02. The molecule has 0 saturated carbocycles. The molecule has 4 heterocycles.